The van der Waals surface area contributed by atoms with Gasteiger partial charge in [-0.2, -0.15) is 0 Å². The molecule has 1 unspecified atom stereocenters. The third-order valence-electron chi connectivity index (χ3n) is 1.70. The van der Waals surface area contributed by atoms with E-state index in [4.69, 9.17) is 20.4 Å². The van der Waals surface area contributed by atoms with Gasteiger partial charge in [-0.05, 0) is 0 Å². The number of hydrogen-bond acceptors (Lipinski definition) is 6. The smallest absolute Gasteiger partial charge is 0.145 e. The van der Waals surface area contributed by atoms with Crippen molar-refractivity contribution in [3.05, 3.63) is 0 Å². The highest BCUT2D eigenvalue weighted by molar-refractivity contribution is 4.87. The molecule has 0 spiro atoms. The quantitative estimate of drug-likeness (QED) is 0.240. The maximum absolute atomic E-state index is 9.14. The van der Waals surface area contributed by atoms with Crippen molar-refractivity contribution in [3.63, 3.8) is 0 Å². The summed E-state index contributed by atoms with van der Waals surface area (Å²) in [6, 6.07) is -0.645. The highest BCUT2D eigenvalue weighted by Crippen LogP contribution is 2.06. The molecule has 0 bridgehead atoms. The average Bonchev–Trinajstić information content (AvgIpc) is 2.01. The molecule has 1 aliphatic rings. The lowest BCUT2D eigenvalue weighted by Gasteiger charge is -2.35. The highest BCUT2D eigenvalue weighted by atomic mass is 16.4. The molecule has 1 saturated heterocycles. The third-order valence-corrected chi connectivity index (χ3v) is 1.70. The summed E-state index contributed by atoms with van der Waals surface area (Å²) in [5.74, 6) is 0. The SMILES string of the molecule is OC[C@H]1NNC(O)[C@@H](O)[C@@H]1O. The first-order valence-electron chi connectivity index (χ1n) is 3.33. The Morgan fingerprint density at radius 2 is 1.64 bits per heavy atom. The molecule has 1 rings (SSSR count). The molecule has 1 fully saturated rings. The molecule has 1 heterocycles. The van der Waals surface area contributed by atoms with Crippen LogP contribution in [0.1, 0.15) is 0 Å². The molecule has 6 heteroatoms. The summed E-state index contributed by atoms with van der Waals surface area (Å²) in [5.41, 5.74) is 4.74. The van der Waals surface area contributed by atoms with Crippen molar-refractivity contribution < 1.29 is 20.4 Å². The van der Waals surface area contributed by atoms with Crippen molar-refractivity contribution in [2.45, 2.75) is 24.5 Å². The minimum absolute atomic E-state index is 0.308. The van der Waals surface area contributed by atoms with Gasteiger partial charge in [0.25, 0.3) is 0 Å². The standard InChI is InChI=1S/C5H12N2O4/c8-1-2-3(9)4(10)5(11)7-6-2/h2-11H,1H2/t2-,3-,4+,5?/m1/s1. The summed E-state index contributed by atoms with van der Waals surface area (Å²) >= 11 is 0. The van der Waals surface area contributed by atoms with Crippen LogP contribution in [0.4, 0.5) is 0 Å². The number of rotatable bonds is 1. The van der Waals surface area contributed by atoms with Gasteiger partial charge in [-0.15, -0.1) is 0 Å². The number of nitrogens with one attached hydrogen (secondary N) is 2. The van der Waals surface area contributed by atoms with Gasteiger partial charge < -0.3 is 20.4 Å². The largest absolute Gasteiger partial charge is 0.395 e. The Morgan fingerprint density at radius 3 is 2.18 bits per heavy atom. The molecule has 6 N–H and O–H groups in total. The molecule has 0 aromatic rings. The second-order valence-electron chi connectivity index (χ2n) is 2.50. The fraction of sp³-hybridized carbons (Fsp3) is 1.00. The lowest BCUT2D eigenvalue weighted by atomic mass is 10.0. The van der Waals surface area contributed by atoms with E-state index >= 15 is 0 Å². The second kappa shape index (κ2) is 3.44. The Hall–Kier alpha value is -0.240. The molecule has 0 aromatic heterocycles. The first-order chi connectivity index (χ1) is 5.16. The normalized spacial score (nSPS) is 45.8. The number of aliphatic hydroxyl groups is 4. The molecular formula is C5H12N2O4. The van der Waals surface area contributed by atoms with Crippen LogP contribution in [-0.4, -0.2) is 51.5 Å². The molecule has 1 aliphatic heterocycles. The van der Waals surface area contributed by atoms with Crippen LogP contribution in [0, 0.1) is 0 Å². The fourth-order valence-electron chi connectivity index (χ4n) is 0.942. The van der Waals surface area contributed by atoms with Gasteiger partial charge in [0.1, 0.15) is 18.4 Å². The van der Waals surface area contributed by atoms with Crippen LogP contribution in [-0.2, 0) is 0 Å². The topological polar surface area (TPSA) is 105 Å². The van der Waals surface area contributed by atoms with Crippen LogP contribution in [0.15, 0.2) is 0 Å². The van der Waals surface area contributed by atoms with Gasteiger partial charge in [0.15, 0.2) is 0 Å². The summed E-state index contributed by atoms with van der Waals surface area (Å²) in [6.45, 7) is -0.308. The van der Waals surface area contributed by atoms with E-state index < -0.39 is 24.5 Å². The van der Waals surface area contributed by atoms with E-state index in [2.05, 4.69) is 10.9 Å². The Balaban J connectivity index is 2.52. The summed E-state index contributed by atoms with van der Waals surface area (Å²) in [5, 5.41) is 35.7. The van der Waals surface area contributed by atoms with E-state index in [1.165, 1.54) is 0 Å². The van der Waals surface area contributed by atoms with Crippen molar-refractivity contribution in [3.8, 4) is 0 Å². The average molecular weight is 164 g/mol. The lowest BCUT2D eigenvalue weighted by Crippen LogP contribution is -2.67. The van der Waals surface area contributed by atoms with Crippen LogP contribution >= 0.6 is 0 Å². The van der Waals surface area contributed by atoms with E-state index in [0.717, 1.165) is 0 Å². The Bertz CT molecular complexity index is 132. The van der Waals surface area contributed by atoms with Crippen molar-refractivity contribution in [2.24, 2.45) is 0 Å². The van der Waals surface area contributed by atoms with E-state index in [9.17, 15) is 0 Å². The van der Waals surface area contributed by atoms with Crippen LogP contribution in [0.5, 0.6) is 0 Å². The first kappa shape index (κ1) is 8.85. The Labute approximate surface area is 63.4 Å². The number of aliphatic hydroxyl groups excluding tert-OH is 4. The van der Waals surface area contributed by atoms with E-state index in [1.807, 2.05) is 0 Å². The van der Waals surface area contributed by atoms with Crippen LogP contribution in [0.3, 0.4) is 0 Å². The summed E-state index contributed by atoms with van der Waals surface area (Å²) in [7, 11) is 0. The minimum Gasteiger partial charge on any atom is -0.395 e. The van der Waals surface area contributed by atoms with Gasteiger partial charge in [-0.3, -0.25) is 0 Å². The zero-order valence-corrected chi connectivity index (χ0v) is 5.81. The predicted octanol–water partition coefficient (Wildman–Crippen LogP) is -3.50. The van der Waals surface area contributed by atoms with E-state index in [-0.39, 0.29) is 6.61 Å². The molecule has 4 atom stereocenters. The zero-order chi connectivity index (χ0) is 8.43. The zero-order valence-electron chi connectivity index (χ0n) is 5.81. The molecule has 11 heavy (non-hydrogen) atoms. The van der Waals surface area contributed by atoms with Crippen molar-refractivity contribution in [1.82, 2.24) is 10.9 Å². The molecule has 6 nitrogen and oxygen atoms in total. The minimum atomic E-state index is -1.27. The molecule has 0 radical (unpaired) electrons. The Morgan fingerprint density at radius 1 is 1.00 bits per heavy atom. The molecule has 66 valence electrons. The van der Waals surface area contributed by atoms with Crippen LogP contribution in [0.2, 0.25) is 0 Å². The molecule has 0 saturated carbocycles. The summed E-state index contributed by atoms with van der Waals surface area (Å²) in [4.78, 5) is 0. The third kappa shape index (κ3) is 1.67. The lowest BCUT2D eigenvalue weighted by molar-refractivity contribution is -0.125. The molecule has 0 aromatic carbocycles. The molecule has 0 aliphatic carbocycles. The predicted molar refractivity (Wildman–Crippen MR) is 35.2 cm³/mol. The van der Waals surface area contributed by atoms with Gasteiger partial charge in [-0.25, -0.2) is 10.9 Å². The number of hydrogen-bond donors (Lipinski definition) is 6. The Kier molecular flexibility index (Phi) is 2.77. The van der Waals surface area contributed by atoms with Crippen LogP contribution in [0.25, 0.3) is 0 Å². The van der Waals surface area contributed by atoms with Gasteiger partial charge in [0, 0.05) is 0 Å². The maximum atomic E-state index is 9.14. The van der Waals surface area contributed by atoms with E-state index in [1.54, 1.807) is 0 Å². The van der Waals surface area contributed by atoms with Gasteiger partial charge in [-0.1, -0.05) is 0 Å². The number of hydrazine groups is 1. The monoisotopic (exact) mass is 164 g/mol. The van der Waals surface area contributed by atoms with Crippen molar-refractivity contribution in [1.29, 1.82) is 0 Å². The fourth-order valence-corrected chi connectivity index (χ4v) is 0.942. The van der Waals surface area contributed by atoms with Gasteiger partial charge >= 0.3 is 0 Å². The first-order valence-corrected chi connectivity index (χ1v) is 3.33. The summed E-state index contributed by atoms with van der Waals surface area (Å²) < 4.78 is 0. The molecular weight excluding hydrogens is 152 g/mol. The van der Waals surface area contributed by atoms with Gasteiger partial charge in [0.2, 0.25) is 0 Å². The summed E-state index contributed by atoms with van der Waals surface area (Å²) in [6.07, 6.45) is -3.63. The van der Waals surface area contributed by atoms with Crippen molar-refractivity contribution in [2.75, 3.05) is 6.61 Å². The second-order valence-corrected chi connectivity index (χ2v) is 2.50. The van der Waals surface area contributed by atoms with Gasteiger partial charge in [0.05, 0.1) is 12.6 Å². The van der Waals surface area contributed by atoms with Crippen LogP contribution < -0.4 is 10.9 Å². The molecule has 0 amide bonds. The van der Waals surface area contributed by atoms with Crippen molar-refractivity contribution >= 4 is 0 Å². The van der Waals surface area contributed by atoms with E-state index in [0.29, 0.717) is 0 Å². The highest BCUT2D eigenvalue weighted by Gasteiger charge is 2.35. The maximum Gasteiger partial charge on any atom is 0.145 e.